The first-order chi connectivity index (χ1) is 61.5. The molecule has 14 bridgehead atoms. The van der Waals surface area contributed by atoms with E-state index in [9.17, 15) is 33.6 Å². The molecular weight excluding hydrogens is 1650 g/mol. The second-order valence-corrected chi connectivity index (χ2v) is 40.1. The maximum atomic E-state index is 10.9. The van der Waals surface area contributed by atoms with Crippen LogP contribution in [0.3, 0.4) is 0 Å². The molecule has 0 spiro atoms. The fraction of sp³-hybridized carbons (Fsp3) is 0.734. The lowest BCUT2D eigenvalue weighted by atomic mass is 9.80. The van der Waals surface area contributed by atoms with E-state index < -0.39 is 0 Å². The van der Waals surface area contributed by atoms with Crippen LogP contribution in [0.4, 0.5) is 0 Å². The lowest BCUT2D eigenvalue weighted by Crippen LogP contribution is -2.31. The summed E-state index contributed by atoms with van der Waals surface area (Å²) in [6.45, 7) is 29.6. The number of allylic oxidation sites excluding steroid dienone is 8. The Morgan fingerprint density at radius 3 is 1.04 bits per heavy atom. The van der Waals surface area contributed by atoms with Gasteiger partial charge in [0.25, 0.3) is 0 Å². The van der Waals surface area contributed by atoms with Crippen LogP contribution in [-0.4, -0.2) is 177 Å². The zero-order valence-corrected chi connectivity index (χ0v) is 74.9. The van der Waals surface area contributed by atoms with Crippen molar-refractivity contribution in [2.75, 3.05) is 92.5 Å². The standard InChI is InChI=1S/C15H22O3.C15H20O3.C15H22O3.2C15H20O3.C15H22O3.C15H20O3.4CH4/c2*1-2-15(16)18-6-5-17-12-8-13-10-3-4-11(7-10)14(13)9-12;2*1-2-14(16)18-8-7-17-13-6-5-12-10-3-4-11(9-10)15(12)13;1-2-15(16)18-7-6-17-14-9-10-8-13(14)12-5-3-4-11(10)12;2*1-2-14(16)17-8-9-18-15-12-6-7-13(15)11-5-3-4-10(11)12;;;;/h2,10-14H,1,3-9H2;2-4,10-14H,1,5-9H2;2,10-13,15H,1,3-9H2;2-4,10-13,15H,1,5-9H2;2-3,5,10-14H,1,4,6-9H2;2,10-13,15H,1,3-9H2;2-4,10-13,15H,1,5-9H2;4*1H4. The molecule has 21 heteroatoms. The summed E-state index contributed by atoms with van der Waals surface area (Å²) in [5.74, 6) is 21.1. The normalized spacial score (nSPS) is 39.0. The average molecular weight is 1810 g/mol. The molecule has 17 fully saturated rings. The van der Waals surface area contributed by atoms with Crippen molar-refractivity contribution in [2.45, 2.75) is 246 Å². The van der Waals surface area contributed by atoms with Crippen molar-refractivity contribution < 1.29 is 99.9 Å². The Morgan fingerprint density at radius 2 is 0.577 bits per heavy atom. The molecule has 32 atom stereocenters. The number of fused-ring (bicyclic) bond motifs is 35. The summed E-state index contributed by atoms with van der Waals surface area (Å²) in [6.07, 6.45) is 66.0. The van der Waals surface area contributed by atoms with Gasteiger partial charge in [0.1, 0.15) is 46.2 Å². The molecule has 0 radical (unpaired) electrons. The summed E-state index contributed by atoms with van der Waals surface area (Å²) in [5.41, 5.74) is 0. The molecule has 0 aromatic carbocycles. The number of rotatable bonds is 35. The smallest absolute Gasteiger partial charge is 0.330 e. The van der Waals surface area contributed by atoms with Gasteiger partial charge in [0.15, 0.2) is 0 Å². The van der Waals surface area contributed by atoms with Gasteiger partial charge in [-0.15, -0.1) is 0 Å². The molecule has 17 saturated carbocycles. The van der Waals surface area contributed by atoms with Gasteiger partial charge >= 0.3 is 41.8 Å². The molecule has 0 aromatic heterocycles. The highest BCUT2D eigenvalue weighted by molar-refractivity contribution is 5.83. The van der Waals surface area contributed by atoms with Crippen molar-refractivity contribution in [3.63, 3.8) is 0 Å². The van der Waals surface area contributed by atoms with Crippen LogP contribution in [0.2, 0.25) is 0 Å². The minimum absolute atomic E-state index is 0. The molecule has 21 nitrogen and oxygen atoms in total. The third-order valence-electron chi connectivity index (χ3n) is 34.6. The third-order valence-corrected chi connectivity index (χ3v) is 34.6. The van der Waals surface area contributed by atoms with Crippen LogP contribution in [0.5, 0.6) is 0 Å². The zero-order valence-electron chi connectivity index (χ0n) is 74.9. The van der Waals surface area contributed by atoms with E-state index in [1.807, 2.05) is 0 Å². The van der Waals surface area contributed by atoms with Gasteiger partial charge < -0.3 is 66.3 Å². The van der Waals surface area contributed by atoms with Crippen molar-refractivity contribution in [2.24, 2.45) is 166 Å². The highest BCUT2D eigenvalue weighted by Crippen LogP contribution is 2.64. The number of ether oxygens (including phenoxy) is 14. The summed E-state index contributed by atoms with van der Waals surface area (Å²) in [5, 5.41) is 0. The van der Waals surface area contributed by atoms with E-state index in [4.69, 9.17) is 66.3 Å². The summed E-state index contributed by atoms with van der Waals surface area (Å²) < 4.78 is 75.9. The van der Waals surface area contributed by atoms with Crippen LogP contribution in [-0.2, 0) is 99.9 Å². The molecule has 724 valence electrons. The van der Waals surface area contributed by atoms with Gasteiger partial charge in [-0.2, -0.15) is 0 Å². The second-order valence-electron chi connectivity index (χ2n) is 40.1. The minimum atomic E-state index is -0.371. The SMILES string of the molecule is C.C.C.C.C=CC(=O)OCCOC1C2CCC1C1CC=CC12.C=CC(=O)OCCOC1C2CCC1C1CCCC12.C=CC(=O)OCCOC1CC2C3C=CC(C3)C2C1.C=CC(=O)OCCOC1CC2C3CCC(C3)C2C1.C=CC(=O)OCCOC1CC2CC1C1C=CCC21.C=CC(=O)OCCOC1CCC2C3C=CC(C3)C12.C=CC(=O)OCCOC1CCC2C3CCC(C3)C12. The van der Waals surface area contributed by atoms with E-state index in [0.717, 1.165) is 154 Å². The van der Waals surface area contributed by atoms with Gasteiger partial charge in [0.05, 0.1) is 89.0 Å². The summed E-state index contributed by atoms with van der Waals surface area (Å²) in [4.78, 5) is 76.2. The fourth-order valence-electron chi connectivity index (χ4n) is 30.1. The Balaban J connectivity index is 0.000000146. The Morgan fingerprint density at radius 1 is 0.238 bits per heavy atom. The summed E-state index contributed by atoms with van der Waals surface area (Å²) in [6, 6.07) is 0. The summed E-state index contributed by atoms with van der Waals surface area (Å²) >= 11 is 0. The van der Waals surface area contributed by atoms with Crippen molar-refractivity contribution in [1.82, 2.24) is 0 Å². The Hall–Kier alpha value is -6.85. The van der Waals surface area contributed by atoms with Gasteiger partial charge in [0.2, 0.25) is 0 Å². The number of carbonyl (C=O) groups is 7. The molecule has 0 N–H and O–H groups in total. The highest BCUT2D eigenvalue weighted by atomic mass is 16.6. The van der Waals surface area contributed by atoms with Crippen LogP contribution >= 0.6 is 0 Å². The zero-order chi connectivity index (χ0) is 87.7. The topological polar surface area (TPSA) is 249 Å². The van der Waals surface area contributed by atoms with Gasteiger partial charge in [0, 0.05) is 42.5 Å². The largest absolute Gasteiger partial charge is 0.460 e. The van der Waals surface area contributed by atoms with Crippen LogP contribution in [0.1, 0.15) is 203 Å². The van der Waals surface area contributed by atoms with Crippen molar-refractivity contribution >= 4 is 41.8 Å². The lowest BCUT2D eigenvalue weighted by Gasteiger charge is -2.31. The maximum absolute atomic E-state index is 10.9. The van der Waals surface area contributed by atoms with Crippen molar-refractivity contribution in [3.05, 3.63) is 137 Å². The maximum Gasteiger partial charge on any atom is 0.330 e. The monoisotopic (exact) mass is 1810 g/mol. The number of hydrogen-bond donors (Lipinski definition) is 0. The number of carbonyl (C=O) groups excluding carboxylic acids is 7. The Labute approximate surface area is 778 Å². The highest BCUT2D eigenvalue weighted by Gasteiger charge is 2.60. The molecule has 0 aromatic rings. The molecular formula is C109H162O21. The van der Waals surface area contributed by atoms with Crippen molar-refractivity contribution in [3.8, 4) is 0 Å². The lowest BCUT2D eigenvalue weighted by molar-refractivity contribution is -0.141. The molecule has 0 saturated heterocycles. The van der Waals surface area contributed by atoms with Crippen LogP contribution in [0.25, 0.3) is 0 Å². The van der Waals surface area contributed by atoms with Gasteiger partial charge in [-0.3, -0.25) is 0 Å². The molecule has 21 rings (SSSR count). The van der Waals surface area contributed by atoms with Crippen LogP contribution in [0.15, 0.2) is 137 Å². The third kappa shape index (κ3) is 24.7. The molecule has 21 aliphatic rings. The number of hydrogen-bond acceptors (Lipinski definition) is 21. The fourth-order valence-corrected chi connectivity index (χ4v) is 30.1. The predicted molar refractivity (Wildman–Crippen MR) is 502 cm³/mol. The van der Waals surface area contributed by atoms with E-state index >= 15 is 0 Å². The first kappa shape index (κ1) is 104. The van der Waals surface area contributed by atoms with E-state index in [1.165, 1.54) is 216 Å². The molecule has 0 aliphatic heterocycles. The molecule has 0 amide bonds. The molecule has 21 aliphatic carbocycles. The van der Waals surface area contributed by atoms with E-state index in [0.29, 0.717) is 147 Å². The first-order valence-corrected chi connectivity index (χ1v) is 49.1. The van der Waals surface area contributed by atoms with Crippen LogP contribution in [0, 0.1) is 166 Å². The minimum Gasteiger partial charge on any atom is -0.460 e. The first-order valence-electron chi connectivity index (χ1n) is 49.1. The number of esters is 7. The second kappa shape index (κ2) is 50.1. The summed E-state index contributed by atoms with van der Waals surface area (Å²) in [7, 11) is 0. The van der Waals surface area contributed by atoms with E-state index in [-0.39, 0.29) is 71.5 Å². The molecule has 32 unspecified atom stereocenters. The van der Waals surface area contributed by atoms with E-state index in [2.05, 4.69) is 94.7 Å². The van der Waals surface area contributed by atoms with Gasteiger partial charge in [-0.1, -0.05) is 131 Å². The predicted octanol–water partition coefficient (Wildman–Crippen LogP) is 19.5. The quantitative estimate of drug-likeness (QED) is 0.0188. The van der Waals surface area contributed by atoms with Crippen molar-refractivity contribution in [1.29, 1.82) is 0 Å². The van der Waals surface area contributed by atoms with Gasteiger partial charge in [-0.05, 0) is 333 Å². The molecule has 130 heavy (non-hydrogen) atoms. The Bertz CT molecular complexity index is 3780. The Kier molecular flexibility index (Phi) is 40.0. The van der Waals surface area contributed by atoms with Crippen LogP contribution < -0.4 is 0 Å². The average Bonchev–Trinajstić information content (AvgIpc) is 1.58. The molecule has 0 heterocycles. The van der Waals surface area contributed by atoms with E-state index in [1.54, 1.807) is 0 Å². The van der Waals surface area contributed by atoms with Gasteiger partial charge in [-0.25, -0.2) is 33.6 Å².